The van der Waals surface area contributed by atoms with Gasteiger partial charge in [0.15, 0.2) is 0 Å². The fraction of sp³-hybridized carbons (Fsp3) is 1.00. The van der Waals surface area contributed by atoms with Crippen molar-refractivity contribution >= 4 is 0 Å². The molecule has 0 fully saturated rings. The van der Waals surface area contributed by atoms with Crippen LogP contribution in [0.2, 0.25) is 0 Å². The van der Waals surface area contributed by atoms with Gasteiger partial charge in [0.1, 0.15) is 0 Å². The first-order valence-electron chi connectivity index (χ1n) is 4.79. The van der Waals surface area contributed by atoms with E-state index in [9.17, 15) is 5.11 Å². The summed E-state index contributed by atoms with van der Waals surface area (Å²) in [5, 5.41) is 22.0. The lowest BCUT2D eigenvalue weighted by atomic mass is 9.91. The molecule has 0 aliphatic heterocycles. The van der Waals surface area contributed by atoms with E-state index in [2.05, 4.69) is 5.32 Å². The minimum Gasteiger partial charge on any atom is -0.394 e. The zero-order valence-corrected chi connectivity index (χ0v) is 9.39. The third-order valence-corrected chi connectivity index (χ3v) is 2.56. The van der Waals surface area contributed by atoms with Crippen molar-refractivity contribution in [3.8, 4) is 0 Å². The van der Waals surface area contributed by atoms with E-state index in [1.54, 1.807) is 6.92 Å². The van der Waals surface area contributed by atoms with Gasteiger partial charge in [-0.25, -0.2) is 0 Å². The number of aliphatic hydroxyl groups is 2. The second-order valence-corrected chi connectivity index (χ2v) is 4.91. The Kier molecular flexibility index (Phi) is 4.36. The van der Waals surface area contributed by atoms with Crippen molar-refractivity contribution in [2.24, 2.45) is 5.92 Å². The molecule has 3 N–H and O–H groups in total. The van der Waals surface area contributed by atoms with Gasteiger partial charge < -0.3 is 15.5 Å². The minimum atomic E-state index is -0.716. The van der Waals surface area contributed by atoms with Crippen molar-refractivity contribution in [2.75, 3.05) is 13.2 Å². The highest BCUT2D eigenvalue weighted by atomic mass is 16.3. The zero-order valence-electron chi connectivity index (χ0n) is 9.39. The van der Waals surface area contributed by atoms with E-state index in [1.807, 2.05) is 27.7 Å². The highest BCUT2D eigenvalue weighted by Crippen LogP contribution is 2.15. The van der Waals surface area contributed by atoms with Crippen LogP contribution in [0.25, 0.3) is 0 Å². The molecule has 0 heterocycles. The van der Waals surface area contributed by atoms with E-state index in [0.717, 1.165) is 0 Å². The summed E-state index contributed by atoms with van der Waals surface area (Å²) in [6, 6.07) is 0. The monoisotopic (exact) mass is 189 g/mol. The number of β-amino-alcohol motifs (C(OH)–C–C–N with tert-alkyl or cyclic N) is 1. The van der Waals surface area contributed by atoms with Gasteiger partial charge in [0.2, 0.25) is 0 Å². The fourth-order valence-electron chi connectivity index (χ4n) is 0.678. The number of hydrogen-bond donors (Lipinski definition) is 3. The molecular weight excluding hydrogens is 166 g/mol. The van der Waals surface area contributed by atoms with Crippen molar-refractivity contribution < 1.29 is 10.2 Å². The second kappa shape index (κ2) is 4.40. The Bertz CT molecular complexity index is 153. The summed E-state index contributed by atoms with van der Waals surface area (Å²) >= 11 is 0. The standard InChI is InChI=1S/C10H23NO2/c1-8(2)10(5,13)6-11-9(3,4)7-12/h8,11-13H,6-7H2,1-5H3. The fourth-order valence-corrected chi connectivity index (χ4v) is 0.678. The number of rotatable bonds is 5. The Hall–Kier alpha value is -0.120. The molecule has 80 valence electrons. The molecule has 3 nitrogen and oxygen atoms in total. The van der Waals surface area contributed by atoms with Gasteiger partial charge >= 0.3 is 0 Å². The number of nitrogens with one attached hydrogen (secondary N) is 1. The summed E-state index contributed by atoms with van der Waals surface area (Å²) in [5.74, 6) is 0.203. The lowest BCUT2D eigenvalue weighted by molar-refractivity contribution is 0.00498. The maximum Gasteiger partial charge on any atom is 0.0766 e. The van der Waals surface area contributed by atoms with Gasteiger partial charge in [-0.15, -0.1) is 0 Å². The first-order chi connectivity index (χ1) is 5.71. The third kappa shape index (κ3) is 4.60. The molecule has 0 aromatic carbocycles. The molecule has 0 spiro atoms. The lowest BCUT2D eigenvalue weighted by Gasteiger charge is -2.33. The van der Waals surface area contributed by atoms with E-state index >= 15 is 0 Å². The van der Waals surface area contributed by atoms with E-state index in [4.69, 9.17) is 5.11 Å². The Balaban J connectivity index is 4.02. The number of aliphatic hydroxyl groups excluding tert-OH is 1. The Morgan fingerprint density at radius 3 is 2.00 bits per heavy atom. The van der Waals surface area contributed by atoms with Crippen LogP contribution >= 0.6 is 0 Å². The first-order valence-corrected chi connectivity index (χ1v) is 4.79. The normalized spacial score (nSPS) is 17.5. The molecule has 3 heteroatoms. The maximum absolute atomic E-state index is 9.91. The zero-order chi connectivity index (χ0) is 10.7. The first kappa shape index (κ1) is 12.9. The summed E-state index contributed by atoms with van der Waals surface area (Å²) in [6.07, 6.45) is 0. The van der Waals surface area contributed by atoms with Crippen molar-refractivity contribution in [1.82, 2.24) is 5.32 Å². The molecule has 0 aliphatic rings. The summed E-state index contributed by atoms with van der Waals surface area (Å²) in [5.41, 5.74) is -1.04. The average molecular weight is 189 g/mol. The van der Waals surface area contributed by atoms with E-state index in [0.29, 0.717) is 6.54 Å². The molecule has 0 aromatic rings. The molecule has 13 heavy (non-hydrogen) atoms. The van der Waals surface area contributed by atoms with Gasteiger partial charge in [0.25, 0.3) is 0 Å². The molecule has 0 bridgehead atoms. The van der Waals surface area contributed by atoms with Gasteiger partial charge in [-0.1, -0.05) is 13.8 Å². The Labute approximate surface area is 81.2 Å². The van der Waals surface area contributed by atoms with Gasteiger partial charge in [-0.2, -0.15) is 0 Å². The van der Waals surface area contributed by atoms with Gasteiger partial charge in [-0.3, -0.25) is 0 Å². The highest BCUT2D eigenvalue weighted by Gasteiger charge is 2.27. The Morgan fingerprint density at radius 2 is 1.69 bits per heavy atom. The van der Waals surface area contributed by atoms with Crippen LogP contribution in [0.5, 0.6) is 0 Å². The largest absolute Gasteiger partial charge is 0.394 e. The third-order valence-electron chi connectivity index (χ3n) is 2.56. The van der Waals surface area contributed by atoms with Crippen LogP contribution in [0.15, 0.2) is 0 Å². The second-order valence-electron chi connectivity index (χ2n) is 4.91. The molecule has 1 unspecified atom stereocenters. The predicted octanol–water partition coefficient (Wildman–Crippen LogP) is 0.754. The molecule has 0 radical (unpaired) electrons. The van der Waals surface area contributed by atoms with Crippen molar-refractivity contribution in [3.05, 3.63) is 0 Å². The van der Waals surface area contributed by atoms with Crippen LogP contribution in [-0.2, 0) is 0 Å². The topological polar surface area (TPSA) is 52.5 Å². The quantitative estimate of drug-likeness (QED) is 0.598. The highest BCUT2D eigenvalue weighted by molar-refractivity contribution is 4.84. The number of hydrogen-bond acceptors (Lipinski definition) is 3. The van der Waals surface area contributed by atoms with Crippen LogP contribution in [-0.4, -0.2) is 34.5 Å². The molecule has 0 saturated heterocycles. The summed E-state index contributed by atoms with van der Waals surface area (Å²) in [7, 11) is 0. The predicted molar refractivity (Wildman–Crippen MR) is 54.6 cm³/mol. The molecule has 1 atom stereocenters. The van der Waals surface area contributed by atoms with Gasteiger partial charge in [0, 0.05) is 12.1 Å². The van der Waals surface area contributed by atoms with E-state index in [-0.39, 0.29) is 18.1 Å². The van der Waals surface area contributed by atoms with Crippen LogP contribution in [0.4, 0.5) is 0 Å². The molecule has 0 rings (SSSR count). The van der Waals surface area contributed by atoms with Crippen molar-refractivity contribution in [1.29, 1.82) is 0 Å². The van der Waals surface area contributed by atoms with Crippen LogP contribution in [0, 0.1) is 5.92 Å². The van der Waals surface area contributed by atoms with Crippen molar-refractivity contribution in [3.63, 3.8) is 0 Å². The van der Waals surface area contributed by atoms with Gasteiger partial charge in [0.05, 0.1) is 12.2 Å². The summed E-state index contributed by atoms with van der Waals surface area (Å²) in [6.45, 7) is 10.1. The van der Waals surface area contributed by atoms with Crippen LogP contribution in [0.1, 0.15) is 34.6 Å². The van der Waals surface area contributed by atoms with Crippen LogP contribution < -0.4 is 5.32 Å². The van der Waals surface area contributed by atoms with Crippen molar-refractivity contribution in [2.45, 2.75) is 45.8 Å². The summed E-state index contributed by atoms with van der Waals surface area (Å²) < 4.78 is 0. The van der Waals surface area contributed by atoms with E-state index in [1.165, 1.54) is 0 Å². The maximum atomic E-state index is 9.91. The van der Waals surface area contributed by atoms with Crippen LogP contribution in [0.3, 0.4) is 0 Å². The van der Waals surface area contributed by atoms with E-state index < -0.39 is 5.60 Å². The lowest BCUT2D eigenvalue weighted by Crippen LogP contribution is -2.51. The SMILES string of the molecule is CC(C)C(C)(O)CNC(C)(C)CO. The Morgan fingerprint density at radius 1 is 1.23 bits per heavy atom. The smallest absolute Gasteiger partial charge is 0.0766 e. The molecule has 0 saturated carbocycles. The average Bonchev–Trinajstić information content (AvgIpc) is 2.01. The molecular formula is C10H23NO2. The molecule has 0 amide bonds. The summed E-state index contributed by atoms with van der Waals surface area (Å²) in [4.78, 5) is 0. The molecule has 0 aliphatic carbocycles. The molecule has 0 aromatic heterocycles. The van der Waals surface area contributed by atoms with Gasteiger partial charge in [-0.05, 0) is 26.7 Å². The minimum absolute atomic E-state index is 0.0706.